The summed E-state index contributed by atoms with van der Waals surface area (Å²) >= 11 is 0. The summed E-state index contributed by atoms with van der Waals surface area (Å²) in [6.45, 7) is 2.56. The largest absolute Gasteiger partial charge is 0.416 e. The minimum absolute atomic E-state index is 0.104. The van der Waals surface area contributed by atoms with E-state index in [1.165, 1.54) is 19.1 Å². The van der Waals surface area contributed by atoms with E-state index in [-0.39, 0.29) is 11.8 Å². The zero-order chi connectivity index (χ0) is 18.0. The summed E-state index contributed by atoms with van der Waals surface area (Å²) in [5, 5.41) is 2.80. The lowest BCUT2D eigenvalue weighted by molar-refractivity contribution is -0.137. The Bertz CT molecular complexity index is 759. The summed E-state index contributed by atoms with van der Waals surface area (Å²) in [6.07, 6.45) is -1.94. The second kappa shape index (κ2) is 6.74. The molecule has 1 atom stereocenters. The monoisotopic (exact) mass is 349 g/mol. The minimum Gasteiger partial charge on any atom is -0.356 e. The molecule has 7 heteroatoms. The third kappa shape index (κ3) is 3.92. The lowest BCUT2D eigenvalue weighted by Crippen LogP contribution is -2.39. The van der Waals surface area contributed by atoms with Gasteiger partial charge in [0.05, 0.1) is 16.9 Å². The zero-order valence-electron chi connectivity index (χ0n) is 13.7. The maximum atomic E-state index is 12.8. The van der Waals surface area contributed by atoms with Gasteiger partial charge in [0.2, 0.25) is 5.91 Å². The molecule has 0 spiro atoms. The molecular formula is C18H18F3N3O. The van der Waals surface area contributed by atoms with Crippen molar-refractivity contribution >= 4 is 17.3 Å². The van der Waals surface area contributed by atoms with E-state index in [9.17, 15) is 18.0 Å². The summed E-state index contributed by atoms with van der Waals surface area (Å²) in [4.78, 5) is 17.5. The first kappa shape index (κ1) is 17.3. The first-order valence-electron chi connectivity index (χ1n) is 7.97. The van der Waals surface area contributed by atoms with Gasteiger partial charge in [-0.1, -0.05) is 0 Å². The number of aromatic nitrogens is 1. The van der Waals surface area contributed by atoms with Crippen molar-refractivity contribution in [2.45, 2.75) is 19.5 Å². The average Bonchev–Trinajstić information content (AvgIpc) is 2.58. The van der Waals surface area contributed by atoms with Crippen molar-refractivity contribution in [2.24, 2.45) is 5.92 Å². The van der Waals surface area contributed by atoms with E-state index in [2.05, 4.69) is 10.3 Å². The van der Waals surface area contributed by atoms with Gasteiger partial charge in [-0.25, -0.2) is 0 Å². The first-order chi connectivity index (χ1) is 11.8. The fourth-order valence-electron chi connectivity index (χ4n) is 3.03. The Morgan fingerprint density at radius 2 is 2.00 bits per heavy atom. The molecule has 1 aliphatic rings. The highest BCUT2D eigenvalue weighted by Gasteiger charge is 2.31. The van der Waals surface area contributed by atoms with Gasteiger partial charge < -0.3 is 10.2 Å². The second-order valence-corrected chi connectivity index (χ2v) is 6.13. The van der Waals surface area contributed by atoms with Crippen LogP contribution in [0.4, 0.5) is 24.5 Å². The molecule has 0 saturated heterocycles. The number of benzene rings is 1. The number of alkyl halides is 3. The molecule has 1 amide bonds. The molecule has 1 aliphatic heterocycles. The van der Waals surface area contributed by atoms with Crippen LogP contribution in [0.3, 0.4) is 0 Å². The van der Waals surface area contributed by atoms with Gasteiger partial charge in [0, 0.05) is 31.9 Å². The number of hydrogen-bond acceptors (Lipinski definition) is 3. The summed E-state index contributed by atoms with van der Waals surface area (Å²) < 4.78 is 38.3. The molecule has 0 unspecified atom stereocenters. The number of amides is 1. The van der Waals surface area contributed by atoms with Crippen molar-refractivity contribution in [3.63, 3.8) is 0 Å². The number of halogens is 3. The summed E-state index contributed by atoms with van der Waals surface area (Å²) in [7, 11) is 0. The number of carbonyl (C=O) groups is 1. The maximum absolute atomic E-state index is 12.8. The molecule has 4 nitrogen and oxygen atoms in total. The molecule has 0 radical (unpaired) electrons. The molecule has 1 N–H and O–H groups in total. The standard InChI is InChI=1S/C18H18F3N3O/c1-12(25)23-10-13-9-16-17(3-2-8-22-16)24(11-13)15-6-4-14(5-7-15)18(19,20)21/h2-8,13H,9-11H2,1H3,(H,23,25)/t13-/m1/s1. The number of pyridine rings is 1. The molecular weight excluding hydrogens is 331 g/mol. The van der Waals surface area contributed by atoms with Gasteiger partial charge in [0.1, 0.15) is 0 Å². The number of nitrogens with one attached hydrogen (secondary N) is 1. The van der Waals surface area contributed by atoms with E-state index in [1.54, 1.807) is 6.20 Å². The third-order valence-corrected chi connectivity index (χ3v) is 4.23. The smallest absolute Gasteiger partial charge is 0.356 e. The Hall–Kier alpha value is -2.57. The van der Waals surface area contributed by atoms with E-state index in [0.717, 1.165) is 23.5 Å². The van der Waals surface area contributed by atoms with Crippen LogP contribution >= 0.6 is 0 Å². The highest BCUT2D eigenvalue weighted by Crippen LogP contribution is 2.36. The zero-order valence-corrected chi connectivity index (χ0v) is 13.7. The van der Waals surface area contributed by atoms with Crippen LogP contribution in [0.2, 0.25) is 0 Å². The lowest BCUT2D eigenvalue weighted by Gasteiger charge is -2.35. The van der Waals surface area contributed by atoms with E-state index in [0.29, 0.717) is 25.2 Å². The molecule has 0 fully saturated rings. The molecule has 132 valence electrons. The Morgan fingerprint density at radius 3 is 2.64 bits per heavy atom. The fourth-order valence-corrected chi connectivity index (χ4v) is 3.03. The number of fused-ring (bicyclic) bond motifs is 1. The maximum Gasteiger partial charge on any atom is 0.416 e. The quantitative estimate of drug-likeness (QED) is 0.922. The Kier molecular flexibility index (Phi) is 4.65. The molecule has 25 heavy (non-hydrogen) atoms. The van der Waals surface area contributed by atoms with Gasteiger partial charge in [-0.2, -0.15) is 13.2 Å². The van der Waals surface area contributed by atoms with Crippen molar-refractivity contribution in [3.8, 4) is 0 Å². The molecule has 1 aromatic carbocycles. The van der Waals surface area contributed by atoms with Crippen LogP contribution in [0.15, 0.2) is 42.6 Å². The van der Waals surface area contributed by atoms with Crippen molar-refractivity contribution in [2.75, 3.05) is 18.0 Å². The average molecular weight is 349 g/mol. The van der Waals surface area contributed by atoms with Gasteiger partial charge in [0.25, 0.3) is 0 Å². The van der Waals surface area contributed by atoms with Crippen molar-refractivity contribution in [1.29, 1.82) is 0 Å². The normalized spacial score (nSPS) is 17.1. The number of carbonyl (C=O) groups excluding carboxylic acids is 1. The Labute approximate surface area is 143 Å². The van der Waals surface area contributed by atoms with Crippen LogP contribution in [0.25, 0.3) is 0 Å². The van der Waals surface area contributed by atoms with Crippen LogP contribution in [0.5, 0.6) is 0 Å². The van der Waals surface area contributed by atoms with Crippen molar-refractivity contribution in [3.05, 3.63) is 53.9 Å². The fraction of sp³-hybridized carbons (Fsp3) is 0.333. The molecule has 3 rings (SSSR count). The van der Waals surface area contributed by atoms with E-state index in [1.807, 2.05) is 17.0 Å². The summed E-state index contributed by atoms with van der Waals surface area (Å²) in [5.41, 5.74) is 1.77. The third-order valence-electron chi connectivity index (χ3n) is 4.23. The van der Waals surface area contributed by atoms with Crippen LogP contribution in [0, 0.1) is 5.92 Å². The Balaban J connectivity index is 1.89. The molecule has 2 heterocycles. The highest BCUT2D eigenvalue weighted by molar-refractivity contribution is 5.73. The van der Waals surface area contributed by atoms with Crippen molar-refractivity contribution in [1.82, 2.24) is 10.3 Å². The number of rotatable bonds is 3. The van der Waals surface area contributed by atoms with Gasteiger partial charge in [-0.3, -0.25) is 9.78 Å². The van der Waals surface area contributed by atoms with Crippen LogP contribution < -0.4 is 10.2 Å². The summed E-state index contributed by atoms with van der Waals surface area (Å²) in [5.74, 6) is 0.0292. The lowest BCUT2D eigenvalue weighted by atomic mass is 9.95. The SMILES string of the molecule is CC(=O)NC[C@H]1Cc2ncccc2N(c2ccc(C(F)(F)F)cc2)C1. The van der Waals surface area contributed by atoms with E-state index in [4.69, 9.17) is 0 Å². The van der Waals surface area contributed by atoms with Gasteiger partial charge in [-0.05, 0) is 48.7 Å². The van der Waals surface area contributed by atoms with Crippen LogP contribution in [-0.4, -0.2) is 24.0 Å². The Morgan fingerprint density at radius 1 is 1.28 bits per heavy atom. The van der Waals surface area contributed by atoms with Crippen molar-refractivity contribution < 1.29 is 18.0 Å². The van der Waals surface area contributed by atoms with Gasteiger partial charge >= 0.3 is 6.18 Å². The predicted octanol–water partition coefficient (Wildman–Crippen LogP) is 3.55. The highest BCUT2D eigenvalue weighted by atomic mass is 19.4. The van der Waals surface area contributed by atoms with Crippen LogP contribution in [0.1, 0.15) is 18.2 Å². The van der Waals surface area contributed by atoms with E-state index < -0.39 is 11.7 Å². The number of hydrogen-bond donors (Lipinski definition) is 1. The van der Waals surface area contributed by atoms with Gasteiger partial charge in [-0.15, -0.1) is 0 Å². The second-order valence-electron chi connectivity index (χ2n) is 6.13. The molecule has 0 aliphatic carbocycles. The van der Waals surface area contributed by atoms with Crippen LogP contribution in [-0.2, 0) is 17.4 Å². The number of anilines is 2. The molecule has 1 aromatic heterocycles. The molecule has 0 bridgehead atoms. The summed E-state index contributed by atoms with van der Waals surface area (Å²) in [6, 6.07) is 8.84. The van der Waals surface area contributed by atoms with E-state index >= 15 is 0 Å². The minimum atomic E-state index is -4.35. The molecule has 2 aromatic rings. The first-order valence-corrected chi connectivity index (χ1v) is 7.97. The van der Waals surface area contributed by atoms with Gasteiger partial charge in [0.15, 0.2) is 0 Å². The predicted molar refractivity (Wildman–Crippen MR) is 88.6 cm³/mol. The molecule has 0 saturated carbocycles. The number of nitrogens with zero attached hydrogens (tertiary/aromatic N) is 2. The topological polar surface area (TPSA) is 45.2 Å².